The van der Waals surface area contributed by atoms with E-state index in [1.165, 1.54) is 23.0 Å². The van der Waals surface area contributed by atoms with Crippen molar-refractivity contribution >= 4 is 33.2 Å². The second-order valence-electron chi connectivity index (χ2n) is 7.29. The largest absolute Gasteiger partial charge is 0.399 e. The van der Waals surface area contributed by atoms with Crippen molar-refractivity contribution in [2.45, 2.75) is 6.54 Å². The third-order valence-corrected chi connectivity index (χ3v) is 5.31. The van der Waals surface area contributed by atoms with Gasteiger partial charge in [-0.2, -0.15) is 0 Å². The Bertz CT molecular complexity index is 1140. The molecule has 0 bridgehead atoms. The maximum atomic E-state index is 10.4. The Labute approximate surface area is 174 Å². The summed E-state index contributed by atoms with van der Waals surface area (Å²) in [6.45, 7) is 5.89. The maximum absolute atomic E-state index is 10.4. The first-order valence-electron chi connectivity index (χ1n) is 9.96. The number of rotatable bonds is 4. The Hall–Kier alpha value is -3.36. The lowest BCUT2D eigenvalue weighted by molar-refractivity contribution is -0.384. The third kappa shape index (κ3) is 4.61. The Balaban J connectivity index is 0.000000158. The van der Waals surface area contributed by atoms with E-state index in [0.29, 0.717) is 0 Å². The summed E-state index contributed by atoms with van der Waals surface area (Å²) >= 11 is 0. The number of nitrogens with zero attached hydrogens (tertiary/aromatic N) is 3. The molecule has 5 rings (SSSR count). The van der Waals surface area contributed by atoms with Crippen LogP contribution in [0.4, 0.5) is 11.4 Å². The first-order valence-corrected chi connectivity index (χ1v) is 9.96. The van der Waals surface area contributed by atoms with Gasteiger partial charge in [0.25, 0.3) is 5.69 Å². The van der Waals surface area contributed by atoms with Crippen molar-refractivity contribution in [3.63, 3.8) is 0 Å². The van der Waals surface area contributed by atoms with E-state index < -0.39 is 4.92 Å². The van der Waals surface area contributed by atoms with Crippen LogP contribution in [0.15, 0.2) is 60.9 Å². The molecule has 1 fully saturated rings. The van der Waals surface area contributed by atoms with Gasteiger partial charge in [-0.15, -0.1) is 0 Å². The number of aromatic amines is 1. The van der Waals surface area contributed by atoms with E-state index in [1.54, 1.807) is 12.3 Å². The predicted molar refractivity (Wildman–Crippen MR) is 119 cm³/mol. The lowest BCUT2D eigenvalue weighted by atomic mass is 10.2. The van der Waals surface area contributed by atoms with Crippen molar-refractivity contribution in [3.05, 3.63) is 71.0 Å². The highest BCUT2D eigenvalue weighted by Gasteiger charge is 2.10. The molecule has 4 aromatic rings. The molecule has 3 heterocycles. The molecule has 1 aliphatic heterocycles. The topological polar surface area (TPSA) is 102 Å². The smallest absolute Gasteiger partial charge is 0.271 e. The van der Waals surface area contributed by atoms with Gasteiger partial charge >= 0.3 is 0 Å². The molecule has 3 N–H and O–H groups in total. The summed E-state index contributed by atoms with van der Waals surface area (Å²) < 4.78 is 7.64. The van der Waals surface area contributed by atoms with Gasteiger partial charge in [-0.05, 0) is 41.1 Å². The molecule has 156 valence electrons. The molecule has 1 aliphatic rings. The fourth-order valence-corrected chi connectivity index (χ4v) is 3.62. The number of nitrogen functional groups attached to an aromatic ring is 1. The molecule has 8 heteroatoms. The zero-order valence-corrected chi connectivity index (χ0v) is 16.7. The number of anilines is 1. The number of aromatic nitrogens is 2. The van der Waals surface area contributed by atoms with Gasteiger partial charge in [0.15, 0.2) is 0 Å². The van der Waals surface area contributed by atoms with E-state index in [-0.39, 0.29) is 5.69 Å². The quantitative estimate of drug-likeness (QED) is 0.305. The summed E-state index contributed by atoms with van der Waals surface area (Å²) in [6, 6.07) is 14.8. The number of fused-ring (bicyclic) bond motifs is 2. The van der Waals surface area contributed by atoms with Crippen LogP contribution in [0.2, 0.25) is 0 Å². The minimum atomic E-state index is -0.402. The van der Waals surface area contributed by atoms with Crippen LogP contribution in [0.25, 0.3) is 21.8 Å². The normalized spacial score (nSPS) is 14.5. The minimum Gasteiger partial charge on any atom is -0.399 e. The SMILES string of the molecule is Nc1ccc2ccn(CCN3CCOCC3)c2c1.O=[N+]([O-])c1ccc2cc[nH]c2c1. The van der Waals surface area contributed by atoms with E-state index >= 15 is 0 Å². The summed E-state index contributed by atoms with van der Waals surface area (Å²) in [4.78, 5) is 15.3. The number of nitro groups is 1. The molecular formula is C22H25N5O3. The monoisotopic (exact) mass is 407 g/mol. The summed E-state index contributed by atoms with van der Waals surface area (Å²) in [5, 5.41) is 12.6. The van der Waals surface area contributed by atoms with Crippen LogP contribution in [-0.2, 0) is 11.3 Å². The zero-order valence-electron chi connectivity index (χ0n) is 16.7. The molecule has 0 spiro atoms. The molecule has 0 radical (unpaired) electrons. The van der Waals surface area contributed by atoms with Crippen LogP contribution in [0.1, 0.15) is 0 Å². The van der Waals surface area contributed by atoms with Crippen molar-refractivity contribution in [3.8, 4) is 0 Å². The first-order chi connectivity index (χ1) is 14.6. The fourth-order valence-electron chi connectivity index (χ4n) is 3.62. The average Bonchev–Trinajstić information content (AvgIpc) is 3.39. The van der Waals surface area contributed by atoms with E-state index in [4.69, 9.17) is 10.5 Å². The zero-order chi connectivity index (χ0) is 20.9. The van der Waals surface area contributed by atoms with Crippen molar-refractivity contribution in [1.29, 1.82) is 0 Å². The van der Waals surface area contributed by atoms with Gasteiger partial charge in [-0.1, -0.05) is 6.07 Å². The molecule has 0 aliphatic carbocycles. The molecule has 2 aromatic heterocycles. The Morgan fingerprint density at radius 2 is 1.83 bits per heavy atom. The molecule has 0 atom stereocenters. The molecule has 2 aromatic carbocycles. The van der Waals surface area contributed by atoms with Gasteiger partial charge in [0.05, 0.1) is 29.2 Å². The number of H-pyrrole nitrogens is 1. The van der Waals surface area contributed by atoms with Crippen LogP contribution >= 0.6 is 0 Å². The van der Waals surface area contributed by atoms with Crippen LogP contribution < -0.4 is 5.73 Å². The summed E-state index contributed by atoms with van der Waals surface area (Å²) in [5.41, 5.74) is 8.81. The maximum Gasteiger partial charge on any atom is 0.271 e. The first kappa shape index (κ1) is 19.9. The molecular weight excluding hydrogens is 382 g/mol. The Morgan fingerprint density at radius 1 is 1.03 bits per heavy atom. The molecule has 0 amide bonds. The fraction of sp³-hybridized carbons (Fsp3) is 0.273. The number of morpholine rings is 1. The van der Waals surface area contributed by atoms with Crippen LogP contribution in [0.5, 0.6) is 0 Å². The number of hydrogen-bond acceptors (Lipinski definition) is 5. The third-order valence-electron chi connectivity index (χ3n) is 5.31. The lowest BCUT2D eigenvalue weighted by Gasteiger charge is -2.26. The van der Waals surface area contributed by atoms with Gasteiger partial charge in [0.2, 0.25) is 0 Å². The molecule has 0 unspecified atom stereocenters. The number of nitro benzene ring substituents is 1. The highest BCUT2D eigenvalue weighted by atomic mass is 16.6. The number of non-ortho nitro benzene ring substituents is 1. The summed E-state index contributed by atoms with van der Waals surface area (Å²) in [7, 11) is 0. The van der Waals surface area contributed by atoms with Crippen molar-refractivity contribution in [2.24, 2.45) is 0 Å². The van der Waals surface area contributed by atoms with Crippen molar-refractivity contribution in [2.75, 3.05) is 38.6 Å². The van der Waals surface area contributed by atoms with Gasteiger partial charge in [-0.25, -0.2) is 0 Å². The van der Waals surface area contributed by atoms with Gasteiger partial charge in [0, 0.05) is 56.4 Å². The van der Waals surface area contributed by atoms with Crippen molar-refractivity contribution < 1.29 is 9.66 Å². The lowest BCUT2D eigenvalue weighted by Crippen LogP contribution is -2.38. The highest BCUT2D eigenvalue weighted by Crippen LogP contribution is 2.19. The Morgan fingerprint density at radius 3 is 2.63 bits per heavy atom. The van der Waals surface area contributed by atoms with Crippen LogP contribution in [-0.4, -0.2) is 52.2 Å². The summed E-state index contributed by atoms with van der Waals surface area (Å²) in [6.07, 6.45) is 3.90. The number of benzene rings is 2. The molecule has 0 saturated carbocycles. The number of nitrogens with one attached hydrogen (secondary N) is 1. The summed E-state index contributed by atoms with van der Waals surface area (Å²) in [5.74, 6) is 0. The standard InChI is InChI=1S/C14H19N3O.C8H6N2O2/c15-13-2-1-12-3-4-17(14(12)11-13)6-5-16-7-9-18-10-8-16;11-10(12)7-2-1-6-3-4-9-8(6)5-7/h1-4,11H,5-10,15H2;1-5,9H. The average molecular weight is 407 g/mol. The Kier molecular flexibility index (Phi) is 5.97. The molecule has 1 saturated heterocycles. The van der Waals surface area contributed by atoms with E-state index in [1.807, 2.05) is 12.1 Å². The van der Waals surface area contributed by atoms with E-state index in [0.717, 1.165) is 56.0 Å². The van der Waals surface area contributed by atoms with E-state index in [2.05, 4.69) is 38.8 Å². The van der Waals surface area contributed by atoms with Gasteiger partial charge in [-0.3, -0.25) is 15.0 Å². The van der Waals surface area contributed by atoms with Gasteiger partial charge in [0.1, 0.15) is 0 Å². The number of nitrogens with two attached hydrogens (primary N) is 1. The second-order valence-corrected chi connectivity index (χ2v) is 7.29. The highest BCUT2D eigenvalue weighted by molar-refractivity contribution is 5.83. The predicted octanol–water partition coefficient (Wildman–Crippen LogP) is 3.63. The second kappa shape index (κ2) is 8.98. The van der Waals surface area contributed by atoms with E-state index in [9.17, 15) is 10.1 Å². The number of ether oxygens (including phenoxy) is 1. The molecule has 8 nitrogen and oxygen atoms in total. The van der Waals surface area contributed by atoms with Gasteiger partial charge < -0.3 is 20.0 Å². The van der Waals surface area contributed by atoms with Crippen LogP contribution in [0.3, 0.4) is 0 Å². The molecule has 30 heavy (non-hydrogen) atoms. The van der Waals surface area contributed by atoms with Crippen molar-refractivity contribution in [1.82, 2.24) is 14.5 Å². The number of hydrogen-bond donors (Lipinski definition) is 2. The van der Waals surface area contributed by atoms with Crippen LogP contribution in [0, 0.1) is 10.1 Å². The minimum absolute atomic E-state index is 0.116.